The van der Waals surface area contributed by atoms with Crippen LogP contribution in [-0.2, 0) is 12.8 Å². The summed E-state index contributed by atoms with van der Waals surface area (Å²) in [6, 6.07) is 9.07. The summed E-state index contributed by atoms with van der Waals surface area (Å²) in [5, 5.41) is 0. The number of aryl methyl sites for hydroxylation is 2. The van der Waals surface area contributed by atoms with Crippen LogP contribution in [0, 0.1) is 0 Å². The van der Waals surface area contributed by atoms with Crippen molar-refractivity contribution in [1.29, 1.82) is 0 Å². The van der Waals surface area contributed by atoms with Crippen molar-refractivity contribution >= 4 is 88.5 Å². The molecule has 0 saturated carbocycles. The normalized spacial score (nSPS) is 13.9. The number of hydrogen-bond acceptors (Lipinski definition) is 9. The second-order valence-electron chi connectivity index (χ2n) is 11.8. The van der Waals surface area contributed by atoms with Gasteiger partial charge in [0.1, 0.15) is 26.4 Å². The van der Waals surface area contributed by atoms with Crippen LogP contribution in [0.1, 0.15) is 76.3 Å². The van der Waals surface area contributed by atoms with E-state index in [1.54, 1.807) is 56.7 Å². The molecule has 0 amide bonds. The quantitative estimate of drug-likeness (QED) is 0.104. The van der Waals surface area contributed by atoms with Gasteiger partial charge in [-0.25, -0.2) is 0 Å². The Balaban J connectivity index is 1.23. The Kier molecular flexibility index (Phi) is 11.4. The van der Waals surface area contributed by atoms with Gasteiger partial charge in [-0.3, -0.25) is 0 Å². The van der Waals surface area contributed by atoms with E-state index >= 15 is 0 Å². The number of hydrogen-bond donors (Lipinski definition) is 0. The van der Waals surface area contributed by atoms with Crippen molar-refractivity contribution in [2.45, 2.75) is 78.1 Å². The van der Waals surface area contributed by atoms with Crippen molar-refractivity contribution in [2.24, 2.45) is 0 Å². The maximum Gasteiger partial charge on any atom is 0.181 e. The van der Waals surface area contributed by atoms with Gasteiger partial charge >= 0.3 is 0 Å². The van der Waals surface area contributed by atoms with Gasteiger partial charge in [-0.15, -0.1) is 56.7 Å². The number of ether oxygens (including phenoxy) is 4. The molecule has 2 aliphatic rings. The zero-order chi connectivity index (χ0) is 32.3. The van der Waals surface area contributed by atoms with Gasteiger partial charge in [-0.2, -0.15) is 0 Å². The summed E-state index contributed by atoms with van der Waals surface area (Å²) >= 11 is 16.6. The molecule has 5 aromatic heterocycles. The van der Waals surface area contributed by atoms with Crippen LogP contribution in [0.5, 0.6) is 23.0 Å². The first-order chi connectivity index (χ1) is 23.1. The fourth-order valence-electron chi connectivity index (χ4n) is 6.14. The molecule has 0 saturated heterocycles. The number of rotatable bonds is 14. The van der Waals surface area contributed by atoms with Crippen LogP contribution in [0.25, 0.3) is 39.0 Å². The number of thiophene rings is 5. The molecule has 2 aliphatic heterocycles. The molecule has 47 heavy (non-hydrogen) atoms. The van der Waals surface area contributed by atoms with E-state index < -0.39 is 0 Å². The molecule has 4 nitrogen and oxygen atoms in total. The van der Waals surface area contributed by atoms with Crippen LogP contribution in [0.2, 0.25) is 0 Å². The SMILES string of the molecule is CCCCCCc1cc(Br)sc1-c1sc(-c2ccc(-c3sc(-c4sc(Br)cc4CCCCCC)c4c3OCCO4)s2)c2c1OCCO2. The van der Waals surface area contributed by atoms with E-state index in [0.717, 1.165) is 45.6 Å². The first kappa shape index (κ1) is 34.1. The minimum Gasteiger partial charge on any atom is -0.485 e. The molecule has 0 aliphatic carbocycles. The second-order valence-corrected chi connectivity index (χ2v) is 19.8. The van der Waals surface area contributed by atoms with E-state index in [4.69, 9.17) is 18.9 Å². The first-order valence-electron chi connectivity index (χ1n) is 16.6. The highest BCUT2D eigenvalue weighted by atomic mass is 79.9. The van der Waals surface area contributed by atoms with Crippen LogP contribution >= 0.6 is 88.5 Å². The van der Waals surface area contributed by atoms with Gasteiger partial charge < -0.3 is 18.9 Å². The highest BCUT2D eigenvalue weighted by molar-refractivity contribution is 9.11. The zero-order valence-corrected chi connectivity index (χ0v) is 33.9. The number of fused-ring (bicyclic) bond motifs is 2. The lowest BCUT2D eigenvalue weighted by Gasteiger charge is -2.17. The molecule has 7 heterocycles. The maximum atomic E-state index is 6.34. The van der Waals surface area contributed by atoms with E-state index in [2.05, 4.69) is 70.0 Å². The van der Waals surface area contributed by atoms with Crippen LogP contribution in [0.3, 0.4) is 0 Å². The standard InChI is InChI=1S/C36H38Br2O4S5/c1-3-5-7-9-11-21-19-25(37)44-31(21)35-29-27(39-15-17-41-29)33(46-35)23-13-14-24(43-23)34-28-30(42-18-16-40-28)36(47-34)32-22(20-26(38)45-32)12-10-8-6-4-2/h13-14,19-20H,3-12,15-18H2,1-2H3. The largest absolute Gasteiger partial charge is 0.485 e. The van der Waals surface area contributed by atoms with Gasteiger partial charge in [0.15, 0.2) is 23.0 Å². The predicted octanol–water partition coefficient (Wildman–Crippen LogP) is 14.0. The molecule has 0 radical (unpaired) electrons. The lowest BCUT2D eigenvalue weighted by atomic mass is 10.1. The van der Waals surface area contributed by atoms with Gasteiger partial charge in [-0.1, -0.05) is 52.4 Å². The minimum absolute atomic E-state index is 0.566. The summed E-state index contributed by atoms with van der Waals surface area (Å²) < 4.78 is 27.7. The molecule has 11 heteroatoms. The third-order valence-electron chi connectivity index (χ3n) is 8.42. The van der Waals surface area contributed by atoms with Crippen LogP contribution in [0.15, 0.2) is 31.8 Å². The molecule has 0 aromatic carbocycles. The van der Waals surface area contributed by atoms with Crippen molar-refractivity contribution in [3.8, 4) is 62.0 Å². The zero-order valence-electron chi connectivity index (χ0n) is 26.6. The molecule has 250 valence electrons. The summed E-state index contributed by atoms with van der Waals surface area (Å²) in [6.45, 7) is 6.81. The van der Waals surface area contributed by atoms with Crippen molar-refractivity contribution < 1.29 is 18.9 Å². The number of unbranched alkanes of at least 4 members (excludes halogenated alkanes) is 6. The molecule has 0 N–H and O–H groups in total. The summed E-state index contributed by atoms with van der Waals surface area (Å²) in [7, 11) is 0. The summed E-state index contributed by atoms with van der Waals surface area (Å²) in [5.74, 6) is 3.57. The topological polar surface area (TPSA) is 36.9 Å². The fraction of sp³-hybridized carbons (Fsp3) is 0.444. The first-order valence-corrected chi connectivity index (χ1v) is 22.2. The molecule has 0 spiro atoms. The van der Waals surface area contributed by atoms with Crippen LogP contribution < -0.4 is 18.9 Å². The molecule has 5 aromatic rings. The summed E-state index contributed by atoms with van der Waals surface area (Å²) in [5.41, 5.74) is 2.80. The van der Waals surface area contributed by atoms with Gasteiger partial charge in [0.2, 0.25) is 0 Å². The van der Waals surface area contributed by atoms with Gasteiger partial charge in [0, 0.05) is 9.75 Å². The third-order valence-corrected chi connectivity index (χ3v) is 15.9. The van der Waals surface area contributed by atoms with E-state index in [-0.39, 0.29) is 0 Å². The monoisotopic (exact) mass is 852 g/mol. The summed E-state index contributed by atoms with van der Waals surface area (Å²) in [4.78, 5) is 9.65. The average molecular weight is 855 g/mol. The smallest absolute Gasteiger partial charge is 0.181 e. The van der Waals surface area contributed by atoms with E-state index in [1.807, 2.05) is 0 Å². The predicted molar refractivity (Wildman–Crippen MR) is 211 cm³/mol. The van der Waals surface area contributed by atoms with Crippen molar-refractivity contribution in [1.82, 2.24) is 0 Å². The molecular formula is C36H38Br2O4S5. The van der Waals surface area contributed by atoms with Crippen molar-refractivity contribution in [2.75, 3.05) is 26.4 Å². The van der Waals surface area contributed by atoms with Crippen LogP contribution in [-0.4, -0.2) is 26.4 Å². The molecule has 0 unspecified atom stereocenters. The van der Waals surface area contributed by atoms with Gasteiger partial charge in [0.25, 0.3) is 0 Å². The second kappa shape index (κ2) is 15.7. The molecule has 7 rings (SSSR count). The van der Waals surface area contributed by atoms with E-state index in [0.29, 0.717) is 26.4 Å². The highest BCUT2D eigenvalue weighted by Gasteiger charge is 2.32. The molecule has 0 fully saturated rings. The Hall–Kier alpha value is -1.34. The highest BCUT2D eigenvalue weighted by Crippen LogP contribution is 2.60. The Bertz CT molecular complexity index is 1700. The molecular weight excluding hydrogens is 817 g/mol. The Morgan fingerprint density at radius 3 is 1.30 bits per heavy atom. The fourth-order valence-corrected chi connectivity index (χ4v) is 13.5. The lowest BCUT2D eigenvalue weighted by Crippen LogP contribution is -2.14. The average Bonchev–Trinajstić information content (AvgIpc) is 3.91. The Morgan fingerprint density at radius 2 is 0.894 bits per heavy atom. The Morgan fingerprint density at radius 1 is 0.489 bits per heavy atom. The Labute approximate surface area is 314 Å². The maximum absolute atomic E-state index is 6.34. The molecule has 0 atom stereocenters. The van der Waals surface area contributed by atoms with Gasteiger partial charge in [-0.05, 0) is 92.9 Å². The summed E-state index contributed by atoms with van der Waals surface area (Å²) in [6.07, 6.45) is 12.2. The van der Waals surface area contributed by atoms with Crippen molar-refractivity contribution in [3.05, 3.63) is 43.0 Å². The third kappa shape index (κ3) is 7.28. The van der Waals surface area contributed by atoms with Crippen molar-refractivity contribution in [3.63, 3.8) is 0 Å². The van der Waals surface area contributed by atoms with E-state index in [1.165, 1.54) is 99.3 Å². The minimum atomic E-state index is 0.566. The van der Waals surface area contributed by atoms with E-state index in [9.17, 15) is 0 Å². The lowest BCUT2D eigenvalue weighted by molar-refractivity contribution is 0.175. The van der Waals surface area contributed by atoms with Gasteiger partial charge in [0.05, 0.1) is 36.8 Å². The number of halogens is 2. The molecule has 0 bridgehead atoms. The van der Waals surface area contributed by atoms with Crippen LogP contribution in [0.4, 0.5) is 0 Å².